The molecule has 1 aliphatic heterocycles. The number of hydrogen-bond donors (Lipinski definition) is 2. The third-order valence-corrected chi connectivity index (χ3v) is 3.79. The molecule has 0 saturated carbocycles. The van der Waals surface area contributed by atoms with Crippen LogP contribution in [0.15, 0.2) is 24.3 Å². The molecule has 1 unspecified atom stereocenters. The van der Waals surface area contributed by atoms with E-state index >= 15 is 0 Å². The van der Waals surface area contributed by atoms with Gasteiger partial charge in [-0.2, -0.15) is 0 Å². The van der Waals surface area contributed by atoms with Gasteiger partial charge in [-0.3, -0.25) is 9.69 Å². The van der Waals surface area contributed by atoms with Crippen molar-refractivity contribution < 1.29 is 14.6 Å². The zero-order valence-corrected chi connectivity index (χ0v) is 12.7. The van der Waals surface area contributed by atoms with Gasteiger partial charge in [-0.1, -0.05) is 29.8 Å². The Bertz CT molecular complexity index is 464. The van der Waals surface area contributed by atoms with Crippen LogP contribution >= 0.6 is 11.6 Å². The number of morpholine rings is 1. The second-order valence-corrected chi connectivity index (χ2v) is 5.55. The molecule has 2 N–H and O–H groups in total. The van der Waals surface area contributed by atoms with Crippen molar-refractivity contribution in [3.63, 3.8) is 0 Å². The summed E-state index contributed by atoms with van der Waals surface area (Å²) in [5, 5.41) is 13.3. The van der Waals surface area contributed by atoms with Crippen molar-refractivity contribution in [2.45, 2.75) is 12.5 Å². The van der Waals surface area contributed by atoms with E-state index in [1.807, 2.05) is 18.2 Å². The lowest BCUT2D eigenvalue weighted by Gasteiger charge is -2.28. The number of amides is 1. The Hall–Kier alpha value is -1.14. The first-order valence-corrected chi connectivity index (χ1v) is 7.51. The molecule has 0 radical (unpaired) electrons. The normalized spacial score (nSPS) is 17.4. The molecular weight excluding hydrogens is 292 g/mol. The van der Waals surface area contributed by atoms with Gasteiger partial charge < -0.3 is 15.2 Å². The highest BCUT2D eigenvalue weighted by Crippen LogP contribution is 2.15. The minimum absolute atomic E-state index is 0.135. The first kappa shape index (κ1) is 16.2. The summed E-state index contributed by atoms with van der Waals surface area (Å²) >= 11 is 6.01. The van der Waals surface area contributed by atoms with Gasteiger partial charge in [0, 0.05) is 31.2 Å². The maximum atomic E-state index is 11.8. The number of aliphatic hydroxyl groups excluding tert-OH is 1. The molecule has 1 aliphatic rings. The Morgan fingerprint density at radius 3 is 2.81 bits per heavy atom. The van der Waals surface area contributed by atoms with Crippen LogP contribution in [-0.2, 0) is 16.0 Å². The predicted molar refractivity (Wildman–Crippen MR) is 81.4 cm³/mol. The molecule has 2 rings (SSSR count). The Labute approximate surface area is 129 Å². The molecule has 1 aromatic rings. The van der Waals surface area contributed by atoms with Crippen molar-refractivity contribution in [2.75, 3.05) is 39.4 Å². The Morgan fingerprint density at radius 2 is 2.10 bits per heavy atom. The lowest BCUT2D eigenvalue weighted by molar-refractivity contribution is -0.121. The average molecular weight is 313 g/mol. The van der Waals surface area contributed by atoms with Gasteiger partial charge in [0.15, 0.2) is 0 Å². The van der Waals surface area contributed by atoms with E-state index in [1.54, 1.807) is 6.07 Å². The average Bonchev–Trinajstić information content (AvgIpc) is 2.49. The van der Waals surface area contributed by atoms with E-state index in [0.29, 0.717) is 24.8 Å². The SMILES string of the molecule is O=C(Cc1ccccc1Cl)NCC(O)CN1CCOCC1. The number of benzene rings is 1. The van der Waals surface area contributed by atoms with Crippen molar-refractivity contribution in [2.24, 2.45) is 0 Å². The minimum Gasteiger partial charge on any atom is -0.390 e. The molecule has 0 aromatic heterocycles. The summed E-state index contributed by atoms with van der Waals surface area (Å²) in [6.45, 7) is 3.85. The molecule has 1 fully saturated rings. The Kier molecular flexibility index (Phi) is 6.45. The second kappa shape index (κ2) is 8.34. The van der Waals surface area contributed by atoms with Crippen molar-refractivity contribution >= 4 is 17.5 Å². The number of carbonyl (C=O) groups is 1. The van der Waals surface area contributed by atoms with Gasteiger partial charge in [0.1, 0.15) is 0 Å². The van der Waals surface area contributed by atoms with Crippen LogP contribution in [0.25, 0.3) is 0 Å². The van der Waals surface area contributed by atoms with E-state index in [-0.39, 0.29) is 18.9 Å². The fraction of sp³-hybridized carbons (Fsp3) is 0.533. The van der Waals surface area contributed by atoms with Crippen molar-refractivity contribution in [1.82, 2.24) is 10.2 Å². The highest BCUT2D eigenvalue weighted by atomic mass is 35.5. The molecule has 0 bridgehead atoms. The first-order valence-electron chi connectivity index (χ1n) is 7.13. The fourth-order valence-corrected chi connectivity index (χ4v) is 2.46. The van der Waals surface area contributed by atoms with E-state index in [1.165, 1.54) is 0 Å². The third-order valence-electron chi connectivity index (χ3n) is 3.42. The maximum Gasteiger partial charge on any atom is 0.224 e. The number of aliphatic hydroxyl groups is 1. The number of nitrogens with zero attached hydrogens (tertiary/aromatic N) is 1. The van der Waals surface area contributed by atoms with E-state index in [2.05, 4.69) is 10.2 Å². The first-order chi connectivity index (χ1) is 10.1. The van der Waals surface area contributed by atoms with Crippen LogP contribution in [0.3, 0.4) is 0 Å². The molecule has 0 aliphatic carbocycles. The number of ether oxygens (including phenoxy) is 1. The number of rotatable bonds is 6. The predicted octanol–water partition coefficient (Wildman–Crippen LogP) is 0.692. The molecule has 116 valence electrons. The number of halogens is 1. The summed E-state index contributed by atoms with van der Waals surface area (Å²) in [4.78, 5) is 14.0. The zero-order chi connectivity index (χ0) is 15.1. The van der Waals surface area contributed by atoms with Crippen LogP contribution in [0.1, 0.15) is 5.56 Å². The van der Waals surface area contributed by atoms with E-state index in [0.717, 1.165) is 18.7 Å². The van der Waals surface area contributed by atoms with Gasteiger partial charge in [0.25, 0.3) is 0 Å². The summed E-state index contributed by atoms with van der Waals surface area (Å²) in [6.07, 6.45) is -0.345. The lowest BCUT2D eigenvalue weighted by atomic mass is 10.1. The molecular formula is C15H21ClN2O3. The second-order valence-electron chi connectivity index (χ2n) is 5.14. The summed E-state index contributed by atoms with van der Waals surface area (Å²) in [7, 11) is 0. The Balaban J connectivity index is 1.69. The van der Waals surface area contributed by atoms with Crippen molar-refractivity contribution in [3.05, 3.63) is 34.9 Å². The number of nitrogens with one attached hydrogen (secondary N) is 1. The van der Waals surface area contributed by atoms with Gasteiger partial charge in [-0.25, -0.2) is 0 Å². The molecule has 0 spiro atoms. The van der Waals surface area contributed by atoms with E-state index < -0.39 is 6.10 Å². The van der Waals surface area contributed by atoms with Crippen LogP contribution in [0.4, 0.5) is 0 Å². The summed E-state index contributed by atoms with van der Waals surface area (Å²) in [5.41, 5.74) is 0.791. The smallest absolute Gasteiger partial charge is 0.224 e. The standard InChI is InChI=1S/C15H21ClN2O3/c16-14-4-2-1-3-12(14)9-15(20)17-10-13(19)11-18-5-7-21-8-6-18/h1-4,13,19H,5-11H2,(H,17,20). The van der Waals surface area contributed by atoms with Crippen LogP contribution in [-0.4, -0.2) is 61.4 Å². The van der Waals surface area contributed by atoms with Gasteiger partial charge in [-0.15, -0.1) is 0 Å². The molecule has 21 heavy (non-hydrogen) atoms. The summed E-state index contributed by atoms with van der Waals surface area (Å²) < 4.78 is 5.25. The van der Waals surface area contributed by atoms with Gasteiger partial charge >= 0.3 is 0 Å². The maximum absolute atomic E-state index is 11.8. The van der Waals surface area contributed by atoms with Gasteiger partial charge in [0.05, 0.1) is 25.7 Å². The topological polar surface area (TPSA) is 61.8 Å². The van der Waals surface area contributed by atoms with E-state index in [9.17, 15) is 9.90 Å². The Morgan fingerprint density at radius 1 is 1.38 bits per heavy atom. The van der Waals surface area contributed by atoms with Gasteiger partial charge in [-0.05, 0) is 11.6 Å². The summed E-state index contributed by atoms with van der Waals surface area (Å²) in [5.74, 6) is -0.135. The van der Waals surface area contributed by atoms with E-state index in [4.69, 9.17) is 16.3 Å². The molecule has 6 heteroatoms. The minimum atomic E-state index is -0.571. The lowest BCUT2D eigenvalue weighted by Crippen LogP contribution is -2.44. The van der Waals surface area contributed by atoms with Crippen molar-refractivity contribution in [3.8, 4) is 0 Å². The largest absolute Gasteiger partial charge is 0.390 e. The van der Waals surface area contributed by atoms with Crippen LogP contribution in [0, 0.1) is 0 Å². The molecule has 1 amide bonds. The number of β-amino-alcohol motifs (C(OH)–C–C–N with tert-alkyl or cyclic N) is 1. The number of hydrogen-bond acceptors (Lipinski definition) is 4. The number of carbonyl (C=O) groups excluding carboxylic acids is 1. The summed E-state index contributed by atoms with van der Waals surface area (Å²) in [6, 6.07) is 7.26. The molecule has 1 atom stereocenters. The van der Waals surface area contributed by atoms with Crippen LogP contribution in [0.2, 0.25) is 5.02 Å². The highest BCUT2D eigenvalue weighted by molar-refractivity contribution is 6.31. The van der Waals surface area contributed by atoms with Crippen molar-refractivity contribution in [1.29, 1.82) is 0 Å². The van der Waals surface area contributed by atoms with Crippen LogP contribution < -0.4 is 5.32 Å². The molecule has 1 saturated heterocycles. The van der Waals surface area contributed by atoms with Gasteiger partial charge in [0.2, 0.25) is 5.91 Å². The third kappa shape index (κ3) is 5.63. The quantitative estimate of drug-likeness (QED) is 0.811. The van der Waals surface area contributed by atoms with Crippen LogP contribution in [0.5, 0.6) is 0 Å². The molecule has 1 aromatic carbocycles. The highest BCUT2D eigenvalue weighted by Gasteiger charge is 2.15. The zero-order valence-electron chi connectivity index (χ0n) is 11.9. The molecule has 1 heterocycles. The fourth-order valence-electron chi connectivity index (χ4n) is 2.26. The monoisotopic (exact) mass is 312 g/mol. The molecule has 5 nitrogen and oxygen atoms in total.